The summed E-state index contributed by atoms with van der Waals surface area (Å²) in [5.41, 5.74) is 5.54. The zero-order valence-electron chi connectivity index (χ0n) is 10.1. The summed E-state index contributed by atoms with van der Waals surface area (Å²) in [5, 5.41) is 0. The SMILES string of the molecule is Cl.NCC1CCN(S(=O)(=O)c2cc(F)ccc2Br)C1. The van der Waals surface area contributed by atoms with Crippen LogP contribution in [0.2, 0.25) is 0 Å². The molecule has 8 heteroatoms. The number of hydrogen-bond acceptors (Lipinski definition) is 3. The highest BCUT2D eigenvalue weighted by Crippen LogP contribution is 2.29. The van der Waals surface area contributed by atoms with Gasteiger partial charge in [0.05, 0.1) is 4.90 Å². The molecule has 19 heavy (non-hydrogen) atoms. The monoisotopic (exact) mass is 372 g/mol. The van der Waals surface area contributed by atoms with Gasteiger partial charge in [0, 0.05) is 17.6 Å². The van der Waals surface area contributed by atoms with Crippen LogP contribution in [-0.2, 0) is 10.0 Å². The van der Waals surface area contributed by atoms with Crippen LogP contribution in [0.3, 0.4) is 0 Å². The van der Waals surface area contributed by atoms with Gasteiger partial charge in [0.2, 0.25) is 10.0 Å². The Hall–Kier alpha value is -0.210. The van der Waals surface area contributed by atoms with Gasteiger partial charge in [-0.25, -0.2) is 12.8 Å². The molecule has 1 aliphatic rings. The Kier molecular flexibility index (Phi) is 5.76. The minimum absolute atomic E-state index is 0. The van der Waals surface area contributed by atoms with E-state index in [1.54, 1.807) is 0 Å². The molecule has 1 saturated heterocycles. The molecule has 1 aromatic carbocycles. The molecular weight excluding hydrogens is 359 g/mol. The number of nitrogens with zero attached hydrogens (tertiary/aromatic N) is 1. The van der Waals surface area contributed by atoms with Crippen molar-refractivity contribution in [2.45, 2.75) is 11.3 Å². The molecule has 0 aromatic heterocycles. The molecule has 0 amide bonds. The van der Waals surface area contributed by atoms with Gasteiger partial charge in [-0.3, -0.25) is 0 Å². The Morgan fingerprint density at radius 2 is 2.16 bits per heavy atom. The molecule has 2 N–H and O–H groups in total. The summed E-state index contributed by atoms with van der Waals surface area (Å²) >= 11 is 3.15. The van der Waals surface area contributed by atoms with Gasteiger partial charge in [0.25, 0.3) is 0 Å². The molecule has 1 unspecified atom stereocenters. The van der Waals surface area contributed by atoms with E-state index in [1.165, 1.54) is 16.4 Å². The summed E-state index contributed by atoms with van der Waals surface area (Å²) in [6.07, 6.45) is 0.753. The van der Waals surface area contributed by atoms with Gasteiger partial charge in [0.1, 0.15) is 5.82 Å². The van der Waals surface area contributed by atoms with Crippen LogP contribution in [0.4, 0.5) is 4.39 Å². The highest BCUT2D eigenvalue weighted by atomic mass is 79.9. The number of sulfonamides is 1. The van der Waals surface area contributed by atoms with Crippen molar-refractivity contribution in [1.82, 2.24) is 4.31 Å². The second kappa shape index (κ2) is 6.49. The summed E-state index contributed by atoms with van der Waals surface area (Å²) in [6, 6.07) is 3.66. The Bertz CT molecular complexity index is 556. The Labute approximate surface area is 126 Å². The fourth-order valence-electron chi connectivity index (χ4n) is 2.02. The van der Waals surface area contributed by atoms with Crippen LogP contribution >= 0.6 is 28.3 Å². The van der Waals surface area contributed by atoms with Crippen molar-refractivity contribution < 1.29 is 12.8 Å². The lowest BCUT2D eigenvalue weighted by Crippen LogP contribution is -2.30. The van der Waals surface area contributed by atoms with Gasteiger partial charge < -0.3 is 5.73 Å². The number of hydrogen-bond donors (Lipinski definition) is 1. The van der Waals surface area contributed by atoms with E-state index in [0.29, 0.717) is 24.1 Å². The lowest BCUT2D eigenvalue weighted by molar-refractivity contribution is 0.458. The summed E-state index contributed by atoms with van der Waals surface area (Å²) in [7, 11) is -3.64. The lowest BCUT2D eigenvalue weighted by atomic mass is 10.1. The highest BCUT2D eigenvalue weighted by Gasteiger charge is 2.33. The van der Waals surface area contributed by atoms with E-state index in [2.05, 4.69) is 15.9 Å². The van der Waals surface area contributed by atoms with Crippen molar-refractivity contribution in [2.24, 2.45) is 11.7 Å². The minimum Gasteiger partial charge on any atom is -0.330 e. The molecule has 0 radical (unpaired) electrons. The third-order valence-corrected chi connectivity index (χ3v) is 5.95. The maximum atomic E-state index is 13.2. The van der Waals surface area contributed by atoms with Crippen molar-refractivity contribution in [3.05, 3.63) is 28.5 Å². The van der Waals surface area contributed by atoms with Gasteiger partial charge in [-0.2, -0.15) is 4.31 Å². The molecule has 4 nitrogen and oxygen atoms in total. The fraction of sp³-hybridized carbons (Fsp3) is 0.455. The van der Waals surface area contributed by atoms with Crippen LogP contribution in [0.15, 0.2) is 27.6 Å². The Morgan fingerprint density at radius 1 is 1.47 bits per heavy atom. The van der Waals surface area contributed by atoms with Gasteiger partial charge >= 0.3 is 0 Å². The number of benzene rings is 1. The smallest absolute Gasteiger partial charge is 0.244 e. The second-order valence-corrected chi connectivity index (χ2v) is 7.09. The summed E-state index contributed by atoms with van der Waals surface area (Å²) in [5.74, 6) is -0.376. The predicted molar refractivity (Wildman–Crippen MR) is 77.3 cm³/mol. The molecule has 0 saturated carbocycles. The molecule has 0 aliphatic carbocycles. The van der Waals surface area contributed by atoms with Crippen LogP contribution in [-0.4, -0.2) is 32.4 Å². The molecule has 0 bridgehead atoms. The van der Waals surface area contributed by atoms with E-state index >= 15 is 0 Å². The van der Waals surface area contributed by atoms with Crippen molar-refractivity contribution in [3.8, 4) is 0 Å². The lowest BCUT2D eigenvalue weighted by Gasteiger charge is -2.17. The van der Waals surface area contributed by atoms with Crippen LogP contribution in [0.5, 0.6) is 0 Å². The van der Waals surface area contributed by atoms with E-state index in [9.17, 15) is 12.8 Å². The quantitative estimate of drug-likeness (QED) is 0.881. The van der Waals surface area contributed by atoms with Gasteiger partial charge in [-0.1, -0.05) is 0 Å². The third-order valence-electron chi connectivity index (χ3n) is 3.09. The maximum absolute atomic E-state index is 13.2. The van der Waals surface area contributed by atoms with Crippen molar-refractivity contribution in [1.29, 1.82) is 0 Å². The predicted octanol–water partition coefficient (Wildman–Crippen LogP) is 1.98. The van der Waals surface area contributed by atoms with Crippen molar-refractivity contribution in [3.63, 3.8) is 0 Å². The normalized spacial score (nSPS) is 20.3. The van der Waals surface area contributed by atoms with E-state index in [1.807, 2.05) is 0 Å². The Morgan fingerprint density at radius 3 is 2.74 bits per heavy atom. The minimum atomic E-state index is -3.64. The van der Waals surface area contributed by atoms with Gasteiger partial charge in [-0.15, -0.1) is 12.4 Å². The zero-order chi connectivity index (χ0) is 13.3. The molecule has 1 fully saturated rings. The zero-order valence-corrected chi connectivity index (χ0v) is 13.3. The standard InChI is InChI=1S/C11H14BrFN2O2S.ClH/c12-10-2-1-9(13)5-11(10)18(16,17)15-4-3-8(6-14)7-15;/h1-2,5,8H,3-4,6-7,14H2;1H. The average molecular weight is 374 g/mol. The molecule has 1 heterocycles. The topological polar surface area (TPSA) is 63.4 Å². The molecule has 108 valence electrons. The number of halogens is 3. The second-order valence-electron chi connectivity index (χ2n) is 4.33. The van der Waals surface area contributed by atoms with Crippen LogP contribution in [0, 0.1) is 11.7 Å². The summed E-state index contributed by atoms with van der Waals surface area (Å²) < 4.78 is 39.6. The average Bonchev–Trinajstić information content (AvgIpc) is 2.81. The van der Waals surface area contributed by atoms with Gasteiger partial charge in [0.15, 0.2) is 0 Å². The maximum Gasteiger partial charge on any atom is 0.244 e. The summed E-state index contributed by atoms with van der Waals surface area (Å²) in [4.78, 5) is -0.0276. The van der Waals surface area contributed by atoms with Crippen molar-refractivity contribution in [2.75, 3.05) is 19.6 Å². The first-order valence-electron chi connectivity index (χ1n) is 5.60. The van der Waals surface area contributed by atoms with E-state index in [0.717, 1.165) is 12.5 Å². The molecular formula is C11H15BrClFN2O2S. The van der Waals surface area contributed by atoms with E-state index in [-0.39, 0.29) is 23.2 Å². The first kappa shape index (κ1) is 16.8. The van der Waals surface area contributed by atoms with Crippen LogP contribution in [0.25, 0.3) is 0 Å². The molecule has 1 aliphatic heterocycles. The van der Waals surface area contributed by atoms with Gasteiger partial charge in [-0.05, 0) is 53.0 Å². The van der Waals surface area contributed by atoms with Crippen molar-refractivity contribution >= 4 is 38.4 Å². The molecule has 0 spiro atoms. The highest BCUT2D eigenvalue weighted by molar-refractivity contribution is 9.10. The van der Waals surface area contributed by atoms with E-state index < -0.39 is 15.8 Å². The molecule has 1 aromatic rings. The number of rotatable bonds is 3. The molecule has 2 rings (SSSR count). The summed E-state index contributed by atoms with van der Waals surface area (Å²) in [6.45, 7) is 1.31. The van der Waals surface area contributed by atoms with E-state index in [4.69, 9.17) is 5.73 Å². The molecule has 1 atom stereocenters. The number of nitrogens with two attached hydrogens (primary N) is 1. The Balaban J connectivity index is 0.00000180. The van der Waals surface area contributed by atoms with Crippen LogP contribution in [0.1, 0.15) is 6.42 Å². The first-order valence-corrected chi connectivity index (χ1v) is 7.83. The first-order chi connectivity index (χ1) is 8.45. The fourth-order valence-corrected chi connectivity index (χ4v) is 4.49. The largest absolute Gasteiger partial charge is 0.330 e. The van der Waals surface area contributed by atoms with Crippen LogP contribution < -0.4 is 5.73 Å². The third kappa shape index (κ3) is 3.46.